The van der Waals surface area contributed by atoms with E-state index in [1.807, 2.05) is 12.1 Å². The molecular weight excluding hydrogens is 454 g/mol. The second kappa shape index (κ2) is 8.44. The van der Waals surface area contributed by atoms with Gasteiger partial charge in [-0.2, -0.15) is 5.10 Å². The molecule has 1 saturated carbocycles. The van der Waals surface area contributed by atoms with E-state index >= 15 is 0 Å². The fourth-order valence-corrected chi connectivity index (χ4v) is 5.34. The van der Waals surface area contributed by atoms with Crippen molar-refractivity contribution in [1.82, 2.24) is 19.5 Å². The summed E-state index contributed by atoms with van der Waals surface area (Å²) in [5.41, 5.74) is 3.27. The van der Waals surface area contributed by atoms with Crippen molar-refractivity contribution in [1.29, 1.82) is 0 Å². The fraction of sp³-hybridized carbons (Fsp3) is 0.480. The minimum Gasteiger partial charge on any atom is -0.487 e. The van der Waals surface area contributed by atoms with E-state index < -0.39 is 6.43 Å². The topological polar surface area (TPSA) is 75.0 Å². The average molecular weight is 483 g/mol. The van der Waals surface area contributed by atoms with Crippen LogP contribution in [-0.4, -0.2) is 70.2 Å². The molecule has 1 N–H and O–H groups in total. The van der Waals surface area contributed by atoms with Gasteiger partial charge in [0.05, 0.1) is 24.1 Å². The van der Waals surface area contributed by atoms with Crippen LogP contribution in [0, 0.1) is 5.92 Å². The van der Waals surface area contributed by atoms with Crippen molar-refractivity contribution in [2.45, 2.75) is 38.2 Å². The first-order chi connectivity index (χ1) is 16.9. The van der Waals surface area contributed by atoms with Gasteiger partial charge >= 0.3 is 0 Å². The highest BCUT2D eigenvalue weighted by Crippen LogP contribution is 2.50. The molecular formula is C25H28F2N6O2. The molecule has 1 saturated heterocycles. The van der Waals surface area contributed by atoms with Gasteiger partial charge in [-0.3, -0.25) is 9.69 Å². The number of carbonyl (C=O) groups excluding carboxylic acids is 1. The van der Waals surface area contributed by atoms with Crippen molar-refractivity contribution in [2.75, 3.05) is 42.9 Å². The molecule has 0 radical (unpaired) electrons. The van der Waals surface area contributed by atoms with Crippen LogP contribution in [-0.2, 0) is 6.42 Å². The van der Waals surface area contributed by atoms with Gasteiger partial charge in [-0.15, -0.1) is 0 Å². The molecule has 8 nitrogen and oxygen atoms in total. The second-order valence-corrected chi connectivity index (χ2v) is 9.92. The van der Waals surface area contributed by atoms with E-state index in [0.29, 0.717) is 49.0 Å². The highest BCUT2D eigenvalue weighted by molar-refractivity contribution is 6.09. The van der Waals surface area contributed by atoms with E-state index in [1.165, 1.54) is 19.0 Å². The van der Waals surface area contributed by atoms with Gasteiger partial charge < -0.3 is 15.0 Å². The largest absolute Gasteiger partial charge is 0.487 e. The zero-order chi connectivity index (χ0) is 24.2. The maximum atomic E-state index is 13.3. The number of anilines is 2. The van der Waals surface area contributed by atoms with Gasteiger partial charge in [0.2, 0.25) is 0 Å². The summed E-state index contributed by atoms with van der Waals surface area (Å²) in [4.78, 5) is 21.5. The van der Waals surface area contributed by atoms with Crippen LogP contribution in [0.2, 0.25) is 0 Å². The number of piperazine rings is 1. The lowest BCUT2D eigenvalue weighted by atomic mass is 9.94. The Labute approximate surface area is 201 Å². The molecule has 0 spiro atoms. The van der Waals surface area contributed by atoms with Crippen molar-refractivity contribution >= 4 is 22.9 Å². The monoisotopic (exact) mass is 482 g/mol. The van der Waals surface area contributed by atoms with Gasteiger partial charge in [-0.25, -0.2) is 18.3 Å². The number of rotatable bonds is 6. The minimum atomic E-state index is -2.34. The van der Waals surface area contributed by atoms with E-state index in [1.54, 1.807) is 27.9 Å². The molecule has 4 heterocycles. The fourth-order valence-electron chi connectivity index (χ4n) is 5.34. The lowest BCUT2D eigenvalue weighted by Crippen LogP contribution is -2.48. The first-order valence-corrected chi connectivity index (χ1v) is 12.1. The summed E-state index contributed by atoms with van der Waals surface area (Å²) in [5, 5.41) is 7.31. The quantitative estimate of drug-likeness (QED) is 0.580. The Morgan fingerprint density at radius 3 is 2.80 bits per heavy atom. The molecule has 1 atom stereocenters. The number of nitrogens with zero attached hydrogens (tertiary/aromatic N) is 5. The number of nitrogens with one attached hydrogen (secondary N) is 1. The lowest BCUT2D eigenvalue weighted by molar-refractivity contribution is 0.0853. The second-order valence-electron chi connectivity index (χ2n) is 9.92. The van der Waals surface area contributed by atoms with Gasteiger partial charge in [0.25, 0.3) is 12.3 Å². The maximum Gasteiger partial charge on any atom is 0.261 e. The summed E-state index contributed by atoms with van der Waals surface area (Å²) in [6, 6.07) is 5.78. The number of ether oxygens (including phenoxy) is 1. The third-order valence-corrected chi connectivity index (χ3v) is 7.39. The SMILES string of the molecule is C[C@@]1(C2CC2)Cc2cc(NC(=O)c3cnn4cccnc34)c(N3CCN(CC(F)F)CC3)cc2O1. The molecule has 184 valence electrons. The highest BCUT2D eigenvalue weighted by Gasteiger charge is 2.47. The number of hydrogen-bond acceptors (Lipinski definition) is 6. The number of halogens is 2. The third kappa shape index (κ3) is 4.20. The number of fused-ring (bicyclic) bond motifs is 2. The first-order valence-electron chi connectivity index (χ1n) is 12.1. The Morgan fingerprint density at radius 1 is 1.26 bits per heavy atom. The molecule has 1 amide bonds. The van der Waals surface area contributed by atoms with Gasteiger partial charge in [0.15, 0.2) is 5.65 Å². The Kier molecular flexibility index (Phi) is 5.36. The summed E-state index contributed by atoms with van der Waals surface area (Å²) < 4.78 is 33.7. The van der Waals surface area contributed by atoms with Crippen LogP contribution in [0.3, 0.4) is 0 Å². The first kappa shape index (κ1) is 22.2. The summed E-state index contributed by atoms with van der Waals surface area (Å²) in [6.07, 6.45) is 5.70. The van der Waals surface area contributed by atoms with Crippen molar-refractivity contribution in [3.63, 3.8) is 0 Å². The summed E-state index contributed by atoms with van der Waals surface area (Å²) in [5.74, 6) is 1.11. The van der Waals surface area contributed by atoms with Crippen LogP contribution in [0.1, 0.15) is 35.7 Å². The number of amides is 1. The Bertz CT molecular complexity index is 1270. The van der Waals surface area contributed by atoms with Gasteiger partial charge in [-0.1, -0.05) is 0 Å². The van der Waals surface area contributed by atoms with E-state index in [0.717, 1.165) is 23.4 Å². The molecule has 2 fully saturated rings. The summed E-state index contributed by atoms with van der Waals surface area (Å²) in [6.45, 7) is 4.20. The van der Waals surface area contributed by atoms with Crippen LogP contribution in [0.15, 0.2) is 36.8 Å². The van der Waals surface area contributed by atoms with Crippen molar-refractivity contribution in [3.05, 3.63) is 47.9 Å². The van der Waals surface area contributed by atoms with Crippen LogP contribution in [0.25, 0.3) is 5.65 Å². The number of carbonyl (C=O) groups is 1. The van der Waals surface area contributed by atoms with Crippen LogP contribution < -0.4 is 15.0 Å². The molecule has 6 rings (SSSR count). The van der Waals surface area contributed by atoms with Crippen molar-refractivity contribution in [3.8, 4) is 5.75 Å². The third-order valence-electron chi connectivity index (χ3n) is 7.39. The standard InChI is InChI=1S/C25H28F2N6O2/c1-25(17-3-4-17)13-16-11-19(30-24(34)18-14-29-33-6-2-5-28-23(18)33)20(12-21(16)35-25)32-9-7-31(8-10-32)15-22(26)27/h2,5-6,11-12,14,17,22H,3-4,7-10,13,15H2,1H3,(H,30,34)/t25-/m0/s1. The van der Waals surface area contributed by atoms with E-state index in [4.69, 9.17) is 4.74 Å². The van der Waals surface area contributed by atoms with Crippen molar-refractivity contribution in [2.24, 2.45) is 5.92 Å². The summed E-state index contributed by atoms with van der Waals surface area (Å²) in [7, 11) is 0. The smallest absolute Gasteiger partial charge is 0.261 e. The number of aromatic nitrogens is 3. The zero-order valence-corrected chi connectivity index (χ0v) is 19.6. The maximum absolute atomic E-state index is 13.3. The lowest BCUT2D eigenvalue weighted by Gasteiger charge is -2.37. The van der Waals surface area contributed by atoms with Crippen molar-refractivity contribution < 1.29 is 18.3 Å². The number of benzene rings is 1. The average Bonchev–Trinajstić information content (AvgIpc) is 3.52. The minimum absolute atomic E-state index is 0.216. The Balaban J connectivity index is 1.30. The molecule has 2 aromatic heterocycles. The summed E-state index contributed by atoms with van der Waals surface area (Å²) >= 11 is 0. The number of alkyl halides is 2. The normalized spacial score (nSPS) is 22.5. The Hall–Kier alpha value is -3.27. The number of hydrogen-bond donors (Lipinski definition) is 1. The molecule has 35 heavy (non-hydrogen) atoms. The molecule has 10 heteroatoms. The van der Waals surface area contributed by atoms with E-state index in [2.05, 4.69) is 27.2 Å². The van der Waals surface area contributed by atoms with E-state index in [-0.39, 0.29) is 18.1 Å². The van der Waals surface area contributed by atoms with Crippen LogP contribution >= 0.6 is 0 Å². The van der Waals surface area contributed by atoms with Crippen LogP contribution in [0.4, 0.5) is 20.2 Å². The molecule has 1 aliphatic carbocycles. The van der Waals surface area contributed by atoms with E-state index in [9.17, 15) is 13.6 Å². The molecule has 2 aliphatic heterocycles. The molecule has 3 aromatic rings. The Morgan fingerprint density at radius 2 is 2.06 bits per heavy atom. The molecule has 1 aromatic carbocycles. The highest BCUT2D eigenvalue weighted by atomic mass is 19.3. The predicted molar refractivity (Wildman–Crippen MR) is 128 cm³/mol. The van der Waals surface area contributed by atoms with Crippen LogP contribution in [0.5, 0.6) is 5.75 Å². The van der Waals surface area contributed by atoms with Gasteiger partial charge in [0, 0.05) is 56.6 Å². The molecule has 3 aliphatic rings. The predicted octanol–water partition coefficient (Wildman–Crippen LogP) is 3.47. The van der Waals surface area contributed by atoms with Gasteiger partial charge in [-0.05, 0) is 37.8 Å². The molecule has 0 bridgehead atoms. The zero-order valence-electron chi connectivity index (χ0n) is 19.6. The van der Waals surface area contributed by atoms with Gasteiger partial charge in [0.1, 0.15) is 16.9 Å². The molecule has 0 unspecified atom stereocenters.